The van der Waals surface area contributed by atoms with E-state index in [0.717, 1.165) is 44.9 Å². The van der Waals surface area contributed by atoms with Gasteiger partial charge in [0.25, 0.3) is 0 Å². The molecule has 0 aromatic heterocycles. The van der Waals surface area contributed by atoms with Crippen molar-refractivity contribution in [2.45, 2.75) is 84.0 Å². The van der Waals surface area contributed by atoms with Crippen molar-refractivity contribution in [2.24, 2.45) is 0 Å². The predicted molar refractivity (Wildman–Crippen MR) is 118 cm³/mol. The fraction of sp³-hybridized carbons (Fsp3) is 0.625. The molecule has 0 aromatic carbocycles. The zero-order valence-corrected chi connectivity index (χ0v) is 17.4. The smallest absolute Gasteiger partial charge is 0.220 e. The fourth-order valence-electron chi connectivity index (χ4n) is 2.57. The number of rotatable bonds is 18. The number of carbonyl (C=O) groups excluding carboxylic acids is 1. The molecule has 0 saturated heterocycles. The minimum Gasteiger partial charge on any atom is -0.395 e. The summed E-state index contributed by atoms with van der Waals surface area (Å²) in [5.74, 6) is 0.0433. The maximum atomic E-state index is 11.3. The lowest BCUT2D eigenvalue weighted by Crippen LogP contribution is -2.25. The molecule has 154 valence electrons. The number of hydrogen-bond donors (Lipinski definition) is 2. The Hall–Kier alpha value is -1.61. The van der Waals surface area contributed by atoms with Gasteiger partial charge in [-0.05, 0) is 51.4 Å². The monoisotopic (exact) mass is 375 g/mol. The third kappa shape index (κ3) is 22.3. The first-order chi connectivity index (χ1) is 13.3. The second-order valence-electron chi connectivity index (χ2n) is 6.76. The lowest BCUT2D eigenvalue weighted by Gasteiger charge is -2.02. The number of amides is 1. The van der Waals surface area contributed by atoms with Crippen LogP contribution in [0.2, 0.25) is 0 Å². The lowest BCUT2D eigenvalue weighted by molar-refractivity contribution is -0.121. The van der Waals surface area contributed by atoms with Crippen LogP contribution in [0.3, 0.4) is 0 Å². The number of unbranched alkanes of at least 4 members (excludes halogenated alkanes) is 6. The van der Waals surface area contributed by atoms with Crippen molar-refractivity contribution >= 4 is 5.91 Å². The Morgan fingerprint density at radius 1 is 0.741 bits per heavy atom. The summed E-state index contributed by atoms with van der Waals surface area (Å²) < 4.78 is 0. The normalized spacial score (nSPS) is 12.2. The van der Waals surface area contributed by atoms with Gasteiger partial charge in [0.1, 0.15) is 0 Å². The van der Waals surface area contributed by atoms with Crippen LogP contribution in [-0.2, 0) is 4.79 Å². The molecule has 27 heavy (non-hydrogen) atoms. The van der Waals surface area contributed by atoms with Crippen molar-refractivity contribution in [1.82, 2.24) is 5.32 Å². The highest BCUT2D eigenvalue weighted by molar-refractivity contribution is 5.75. The lowest BCUT2D eigenvalue weighted by atomic mass is 10.1. The summed E-state index contributed by atoms with van der Waals surface area (Å²) in [6.07, 6.45) is 30.9. The van der Waals surface area contributed by atoms with E-state index in [1.807, 2.05) is 0 Å². The molecule has 3 heteroatoms. The highest BCUT2D eigenvalue weighted by atomic mass is 16.3. The number of carbonyl (C=O) groups is 1. The van der Waals surface area contributed by atoms with E-state index >= 15 is 0 Å². The van der Waals surface area contributed by atoms with Gasteiger partial charge in [-0.3, -0.25) is 4.79 Å². The van der Waals surface area contributed by atoms with Gasteiger partial charge in [-0.15, -0.1) is 0 Å². The van der Waals surface area contributed by atoms with Gasteiger partial charge in [0.15, 0.2) is 0 Å². The Balaban J connectivity index is 3.40. The van der Waals surface area contributed by atoms with Crippen molar-refractivity contribution in [3.63, 3.8) is 0 Å². The fourth-order valence-corrected chi connectivity index (χ4v) is 2.57. The molecule has 2 N–H and O–H groups in total. The summed E-state index contributed by atoms with van der Waals surface area (Å²) in [6, 6.07) is 0. The molecule has 3 nitrogen and oxygen atoms in total. The Labute approximate surface area is 167 Å². The second-order valence-corrected chi connectivity index (χ2v) is 6.76. The summed E-state index contributed by atoms with van der Waals surface area (Å²) in [7, 11) is 0. The van der Waals surface area contributed by atoms with Gasteiger partial charge < -0.3 is 10.4 Å². The molecule has 1 amide bonds. The second kappa shape index (κ2) is 22.4. The Bertz CT molecular complexity index is 436. The molecule has 0 fully saturated rings. The van der Waals surface area contributed by atoms with E-state index in [1.54, 1.807) is 0 Å². The first kappa shape index (κ1) is 25.4. The van der Waals surface area contributed by atoms with Crippen molar-refractivity contribution in [3.05, 3.63) is 48.6 Å². The van der Waals surface area contributed by atoms with Crippen molar-refractivity contribution in [1.29, 1.82) is 0 Å². The maximum Gasteiger partial charge on any atom is 0.220 e. The predicted octanol–water partition coefficient (Wildman–Crippen LogP) is 6.02. The summed E-state index contributed by atoms with van der Waals surface area (Å²) in [4.78, 5) is 11.3. The first-order valence-electron chi connectivity index (χ1n) is 10.8. The quantitative estimate of drug-likeness (QED) is 0.227. The van der Waals surface area contributed by atoms with Crippen molar-refractivity contribution < 1.29 is 9.90 Å². The molecule has 0 spiro atoms. The molecule has 0 bridgehead atoms. The highest BCUT2D eigenvalue weighted by Gasteiger charge is 1.98. The van der Waals surface area contributed by atoms with Crippen LogP contribution >= 0.6 is 0 Å². The van der Waals surface area contributed by atoms with E-state index in [9.17, 15) is 4.79 Å². The van der Waals surface area contributed by atoms with Gasteiger partial charge in [-0.2, -0.15) is 0 Å². The van der Waals surface area contributed by atoms with E-state index in [0.29, 0.717) is 13.0 Å². The van der Waals surface area contributed by atoms with Gasteiger partial charge in [-0.1, -0.05) is 74.8 Å². The largest absolute Gasteiger partial charge is 0.395 e. The number of aliphatic hydroxyl groups excluding tert-OH is 1. The van der Waals surface area contributed by atoms with Gasteiger partial charge >= 0.3 is 0 Å². The molecular formula is C24H41NO2. The standard InChI is InChI=1S/C24H41NO2/c1-2-3-4-5-6-7-8-9-10-11-12-13-14-15-16-17-18-19-20-21-24(27)25-22-23-26/h6-7,9-10,12-13,15-16,26H,2-5,8,11,14,17-23H2,1H3,(H,25,27)/b7-6-,10-9-,13-12-,16-15+. The van der Waals surface area contributed by atoms with Crippen LogP contribution in [0, 0.1) is 0 Å². The molecule has 0 aromatic rings. The SMILES string of the molecule is CCCCC/C=C\C/C=C\C/C=C\C/C=C/CCCCCC(=O)NCCO. The summed E-state index contributed by atoms with van der Waals surface area (Å²) in [5.41, 5.74) is 0. The Kier molecular flexibility index (Phi) is 21.1. The third-order valence-corrected chi connectivity index (χ3v) is 4.17. The van der Waals surface area contributed by atoms with Crippen LogP contribution in [0.15, 0.2) is 48.6 Å². The third-order valence-electron chi connectivity index (χ3n) is 4.17. The molecule has 0 radical (unpaired) electrons. The summed E-state index contributed by atoms with van der Waals surface area (Å²) in [5, 5.41) is 11.3. The average Bonchev–Trinajstić information content (AvgIpc) is 2.68. The van der Waals surface area contributed by atoms with Gasteiger partial charge in [0.05, 0.1) is 6.61 Å². The Morgan fingerprint density at radius 2 is 1.26 bits per heavy atom. The minimum absolute atomic E-state index is 0.0117. The topological polar surface area (TPSA) is 49.3 Å². The molecule has 0 aliphatic heterocycles. The van der Waals surface area contributed by atoms with E-state index in [1.165, 1.54) is 25.7 Å². The van der Waals surface area contributed by atoms with Crippen molar-refractivity contribution in [3.8, 4) is 0 Å². The van der Waals surface area contributed by atoms with E-state index < -0.39 is 0 Å². The zero-order valence-electron chi connectivity index (χ0n) is 17.4. The van der Waals surface area contributed by atoms with Crippen molar-refractivity contribution in [2.75, 3.05) is 13.2 Å². The molecule has 0 saturated carbocycles. The van der Waals surface area contributed by atoms with Gasteiger partial charge in [0, 0.05) is 13.0 Å². The van der Waals surface area contributed by atoms with E-state index in [4.69, 9.17) is 5.11 Å². The van der Waals surface area contributed by atoms with Crippen LogP contribution in [-0.4, -0.2) is 24.2 Å². The minimum atomic E-state index is 0.0117. The van der Waals surface area contributed by atoms with Gasteiger partial charge in [0.2, 0.25) is 5.91 Å². The molecule has 0 unspecified atom stereocenters. The van der Waals surface area contributed by atoms with Crippen LogP contribution in [0.4, 0.5) is 0 Å². The van der Waals surface area contributed by atoms with Crippen LogP contribution in [0.25, 0.3) is 0 Å². The van der Waals surface area contributed by atoms with E-state index in [2.05, 4.69) is 60.8 Å². The molecular weight excluding hydrogens is 334 g/mol. The molecule has 0 atom stereocenters. The summed E-state index contributed by atoms with van der Waals surface area (Å²) >= 11 is 0. The molecule has 0 heterocycles. The molecule has 0 aliphatic carbocycles. The maximum absolute atomic E-state index is 11.3. The zero-order chi connectivity index (χ0) is 19.8. The molecule has 0 aliphatic rings. The average molecular weight is 376 g/mol. The number of nitrogens with one attached hydrogen (secondary N) is 1. The van der Waals surface area contributed by atoms with Gasteiger partial charge in [-0.25, -0.2) is 0 Å². The highest BCUT2D eigenvalue weighted by Crippen LogP contribution is 2.04. The van der Waals surface area contributed by atoms with Crippen LogP contribution in [0.5, 0.6) is 0 Å². The Morgan fingerprint density at radius 3 is 1.78 bits per heavy atom. The summed E-state index contributed by atoms with van der Waals surface area (Å²) in [6.45, 7) is 2.61. The van der Waals surface area contributed by atoms with Crippen LogP contribution < -0.4 is 5.32 Å². The molecule has 0 rings (SSSR count). The number of aliphatic hydroxyl groups is 1. The van der Waals surface area contributed by atoms with Crippen LogP contribution in [0.1, 0.15) is 84.0 Å². The number of hydrogen-bond acceptors (Lipinski definition) is 2. The number of allylic oxidation sites excluding steroid dienone is 8. The first-order valence-corrected chi connectivity index (χ1v) is 10.8. The van der Waals surface area contributed by atoms with E-state index in [-0.39, 0.29) is 12.5 Å².